The summed E-state index contributed by atoms with van der Waals surface area (Å²) in [4.78, 5) is 0. The van der Waals surface area contributed by atoms with E-state index < -0.39 is 0 Å². The minimum Gasteiger partial charge on any atom is -0.377 e. The van der Waals surface area contributed by atoms with Gasteiger partial charge in [0, 0.05) is 17.8 Å². The lowest BCUT2D eigenvalue weighted by Gasteiger charge is -2.17. The zero-order valence-electron chi connectivity index (χ0n) is 11.5. The van der Waals surface area contributed by atoms with Crippen molar-refractivity contribution in [3.05, 3.63) is 77.4 Å². The van der Waals surface area contributed by atoms with E-state index in [4.69, 9.17) is 10.7 Å². The molecule has 1 aliphatic carbocycles. The fraction of sp³-hybridized carbons (Fsp3) is 0.111. The molecule has 0 saturated carbocycles. The van der Waals surface area contributed by atoms with Crippen molar-refractivity contribution >= 4 is 11.9 Å². The highest BCUT2D eigenvalue weighted by Crippen LogP contribution is 2.36. The van der Waals surface area contributed by atoms with Gasteiger partial charge in [-0.05, 0) is 17.2 Å². The van der Waals surface area contributed by atoms with Crippen LogP contribution in [0.4, 0.5) is 0 Å². The van der Waals surface area contributed by atoms with Crippen LogP contribution in [0.5, 0.6) is 0 Å². The van der Waals surface area contributed by atoms with E-state index in [-0.39, 0.29) is 12.0 Å². The number of nitriles is 1. The van der Waals surface area contributed by atoms with Crippen LogP contribution >= 0.6 is 0 Å². The fourth-order valence-corrected chi connectivity index (χ4v) is 2.76. The lowest BCUT2D eigenvalue weighted by molar-refractivity contribution is 0.642. The first-order valence-electron chi connectivity index (χ1n) is 6.87. The molecule has 3 nitrogen and oxygen atoms in total. The highest BCUT2D eigenvalue weighted by Gasteiger charge is 2.31. The largest absolute Gasteiger partial charge is 0.377 e. The normalized spacial score (nSPS) is 23.5. The van der Waals surface area contributed by atoms with E-state index in [1.165, 1.54) is 0 Å². The number of fused-ring (bicyclic) bond motifs is 1. The molecule has 0 fully saturated rings. The average molecular weight is 273 g/mol. The van der Waals surface area contributed by atoms with Crippen molar-refractivity contribution in [3.63, 3.8) is 0 Å². The van der Waals surface area contributed by atoms with Crippen LogP contribution in [0.1, 0.15) is 5.56 Å². The summed E-state index contributed by atoms with van der Waals surface area (Å²) in [6.45, 7) is 0. The quantitative estimate of drug-likeness (QED) is 0.656. The molecule has 0 saturated heterocycles. The maximum atomic E-state index is 9.09. The maximum absolute atomic E-state index is 9.09. The molecule has 2 aliphatic rings. The molecule has 102 valence electrons. The van der Waals surface area contributed by atoms with Gasteiger partial charge in [0.05, 0.1) is 11.6 Å². The Morgan fingerprint density at radius 2 is 1.95 bits per heavy atom. The van der Waals surface area contributed by atoms with Crippen molar-refractivity contribution in [3.8, 4) is 6.07 Å². The number of benzene rings is 1. The van der Waals surface area contributed by atoms with E-state index >= 15 is 0 Å². The minimum absolute atomic E-state index is 0.202. The molecule has 2 N–H and O–H groups in total. The molecule has 0 spiro atoms. The van der Waals surface area contributed by atoms with E-state index in [2.05, 4.69) is 35.7 Å². The van der Waals surface area contributed by atoms with Crippen molar-refractivity contribution in [2.24, 2.45) is 5.92 Å². The van der Waals surface area contributed by atoms with Crippen LogP contribution < -0.4 is 5.32 Å². The number of rotatable bonds is 3. The molecule has 3 heteroatoms. The van der Waals surface area contributed by atoms with Crippen LogP contribution in [-0.4, -0.2) is 12.3 Å². The SMILES string of the molecule is N#C/C(C=N)=C\C1=C(c2ccccc2)N[C@H]2C=CC=CC12. The molecule has 0 amide bonds. The van der Waals surface area contributed by atoms with Gasteiger partial charge in [0.25, 0.3) is 0 Å². The smallest absolute Gasteiger partial charge is 0.101 e. The molecular weight excluding hydrogens is 258 g/mol. The lowest BCUT2D eigenvalue weighted by Crippen LogP contribution is -2.26. The van der Waals surface area contributed by atoms with Crippen molar-refractivity contribution in [1.29, 1.82) is 10.7 Å². The van der Waals surface area contributed by atoms with Gasteiger partial charge in [-0.3, -0.25) is 0 Å². The summed E-state index contributed by atoms with van der Waals surface area (Å²) in [7, 11) is 0. The first kappa shape index (κ1) is 13.1. The van der Waals surface area contributed by atoms with Gasteiger partial charge in [0.2, 0.25) is 0 Å². The molecule has 0 bridgehead atoms. The third-order valence-electron chi connectivity index (χ3n) is 3.75. The summed E-state index contributed by atoms with van der Waals surface area (Å²) >= 11 is 0. The van der Waals surface area contributed by atoms with Gasteiger partial charge in [-0.25, -0.2) is 0 Å². The molecule has 2 atom stereocenters. The van der Waals surface area contributed by atoms with Gasteiger partial charge < -0.3 is 10.7 Å². The minimum atomic E-state index is 0.202. The summed E-state index contributed by atoms with van der Waals surface area (Å²) in [6, 6.07) is 12.4. The summed E-state index contributed by atoms with van der Waals surface area (Å²) in [6.07, 6.45) is 11.2. The van der Waals surface area contributed by atoms with Crippen LogP contribution in [0.15, 0.2) is 71.9 Å². The van der Waals surface area contributed by atoms with Gasteiger partial charge in [0.1, 0.15) is 6.07 Å². The molecule has 3 rings (SSSR count). The van der Waals surface area contributed by atoms with Crippen LogP contribution in [0.2, 0.25) is 0 Å². The highest BCUT2D eigenvalue weighted by atomic mass is 15.0. The molecule has 1 heterocycles. The highest BCUT2D eigenvalue weighted by molar-refractivity contribution is 5.84. The standard InChI is InChI=1S/C18H15N3/c19-11-13(12-20)10-16-15-8-4-5-9-17(15)21-18(16)14-6-2-1-3-7-14/h1-11,15,17,19,21H/b13-10-,19-11?/t15?,17-/m0/s1. The third kappa shape index (κ3) is 2.44. The zero-order chi connectivity index (χ0) is 14.7. The van der Waals surface area contributed by atoms with E-state index in [1.54, 1.807) is 0 Å². The molecule has 1 aromatic carbocycles. The maximum Gasteiger partial charge on any atom is 0.101 e. The monoisotopic (exact) mass is 273 g/mol. The molecule has 0 radical (unpaired) electrons. The Morgan fingerprint density at radius 3 is 2.67 bits per heavy atom. The van der Waals surface area contributed by atoms with E-state index in [9.17, 15) is 0 Å². The number of allylic oxidation sites excluding steroid dienone is 4. The second-order valence-corrected chi connectivity index (χ2v) is 5.02. The molecular formula is C18H15N3. The molecule has 21 heavy (non-hydrogen) atoms. The van der Waals surface area contributed by atoms with Crippen molar-refractivity contribution < 1.29 is 0 Å². The molecule has 1 unspecified atom stereocenters. The third-order valence-corrected chi connectivity index (χ3v) is 3.75. The van der Waals surface area contributed by atoms with Crippen molar-refractivity contribution in [1.82, 2.24) is 5.32 Å². The van der Waals surface area contributed by atoms with E-state index in [0.29, 0.717) is 5.57 Å². The number of hydrogen-bond donors (Lipinski definition) is 2. The molecule has 1 aliphatic heterocycles. The van der Waals surface area contributed by atoms with Crippen molar-refractivity contribution in [2.45, 2.75) is 6.04 Å². The van der Waals surface area contributed by atoms with Gasteiger partial charge in [-0.1, -0.05) is 54.6 Å². The predicted molar refractivity (Wildman–Crippen MR) is 84.5 cm³/mol. The van der Waals surface area contributed by atoms with E-state index in [1.807, 2.05) is 36.4 Å². The summed E-state index contributed by atoms with van der Waals surface area (Å²) in [5, 5.41) is 20.0. The first-order valence-corrected chi connectivity index (χ1v) is 6.87. The number of nitrogens with one attached hydrogen (secondary N) is 2. The topological polar surface area (TPSA) is 59.7 Å². The molecule has 0 aromatic heterocycles. The Kier molecular flexibility index (Phi) is 3.53. The van der Waals surface area contributed by atoms with Crippen LogP contribution in [0, 0.1) is 22.7 Å². The van der Waals surface area contributed by atoms with Crippen LogP contribution in [-0.2, 0) is 0 Å². The zero-order valence-corrected chi connectivity index (χ0v) is 11.5. The van der Waals surface area contributed by atoms with Gasteiger partial charge in [-0.2, -0.15) is 5.26 Å². The van der Waals surface area contributed by atoms with Gasteiger partial charge in [-0.15, -0.1) is 0 Å². The Hall–Kier alpha value is -2.86. The second kappa shape index (κ2) is 5.64. The number of hydrogen-bond acceptors (Lipinski definition) is 3. The van der Waals surface area contributed by atoms with Gasteiger partial charge in [0.15, 0.2) is 0 Å². The van der Waals surface area contributed by atoms with Gasteiger partial charge >= 0.3 is 0 Å². The van der Waals surface area contributed by atoms with Crippen molar-refractivity contribution in [2.75, 3.05) is 0 Å². The molecule has 1 aromatic rings. The summed E-state index contributed by atoms with van der Waals surface area (Å²) < 4.78 is 0. The number of nitrogens with zero attached hydrogens (tertiary/aromatic N) is 1. The Balaban J connectivity index is 2.12. The summed E-state index contributed by atoms with van der Waals surface area (Å²) in [5.41, 5.74) is 3.56. The summed E-state index contributed by atoms with van der Waals surface area (Å²) in [5.74, 6) is 0.202. The average Bonchev–Trinajstić information content (AvgIpc) is 2.92. The Morgan fingerprint density at radius 1 is 1.19 bits per heavy atom. The fourth-order valence-electron chi connectivity index (χ4n) is 2.76. The first-order chi connectivity index (χ1) is 10.3. The Bertz CT molecular complexity index is 715. The van der Waals surface area contributed by atoms with Crippen LogP contribution in [0.25, 0.3) is 5.70 Å². The lowest BCUT2D eigenvalue weighted by atomic mass is 9.89. The van der Waals surface area contributed by atoms with Crippen LogP contribution in [0.3, 0.4) is 0 Å². The van der Waals surface area contributed by atoms with E-state index in [0.717, 1.165) is 23.0 Å². The Labute approximate surface area is 124 Å². The second-order valence-electron chi connectivity index (χ2n) is 5.02. The predicted octanol–water partition coefficient (Wildman–Crippen LogP) is 3.21.